The summed E-state index contributed by atoms with van der Waals surface area (Å²) in [6.45, 7) is 6.49. The topological polar surface area (TPSA) is 78.9 Å². The van der Waals surface area contributed by atoms with Crippen molar-refractivity contribution in [2.24, 2.45) is 0 Å². The third-order valence-electron chi connectivity index (χ3n) is 10.6. The Morgan fingerprint density at radius 3 is 1.00 bits per heavy atom. The van der Waals surface area contributed by atoms with E-state index in [1.807, 2.05) is 0 Å². The molecule has 0 rings (SSSR count). The summed E-state index contributed by atoms with van der Waals surface area (Å²) in [4.78, 5) is 37.9. The Morgan fingerprint density at radius 1 is 0.323 bits per heavy atom. The van der Waals surface area contributed by atoms with E-state index in [0.717, 1.165) is 77.0 Å². The summed E-state index contributed by atoms with van der Waals surface area (Å²) in [7, 11) is 0. The summed E-state index contributed by atoms with van der Waals surface area (Å²) in [5.41, 5.74) is 0. The fourth-order valence-electron chi connectivity index (χ4n) is 6.73. The van der Waals surface area contributed by atoms with E-state index in [2.05, 4.69) is 106 Å². The number of rotatable bonds is 45. The van der Waals surface area contributed by atoms with E-state index in [1.54, 1.807) is 0 Å². The monoisotopic (exact) mass is 863 g/mol. The van der Waals surface area contributed by atoms with E-state index in [4.69, 9.17) is 14.2 Å². The van der Waals surface area contributed by atoms with Crippen molar-refractivity contribution in [1.29, 1.82) is 0 Å². The van der Waals surface area contributed by atoms with E-state index in [1.165, 1.54) is 109 Å². The average Bonchev–Trinajstić information content (AvgIpc) is 3.27. The molecule has 0 aromatic heterocycles. The Balaban J connectivity index is 4.52. The first-order valence-corrected chi connectivity index (χ1v) is 25.6. The van der Waals surface area contributed by atoms with Crippen molar-refractivity contribution < 1.29 is 28.6 Å². The predicted octanol–water partition coefficient (Wildman–Crippen LogP) is 16.8. The maximum Gasteiger partial charge on any atom is 0.306 e. The van der Waals surface area contributed by atoms with E-state index < -0.39 is 6.10 Å². The van der Waals surface area contributed by atoms with Crippen LogP contribution < -0.4 is 0 Å². The van der Waals surface area contributed by atoms with Crippen LogP contribution in [0.3, 0.4) is 0 Å². The Labute approximate surface area is 382 Å². The average molecular weight is 863 g/mol. The van der Waals surface area contributed by atoms with Crippen LogP contribution in [0.2, 0.25) is 0 Å². The minimum absolute atomic E-state index is 0.112. The largest absolute Gasteiger partial charge is 0.462 e. The summed E-state index contributed by atoms with van der Waals surface area (Å²) in [6, 6.07) is 0. The first-order chi connectivity index (χ1) is 30.5. The molecule has 0 bridgehead atoms. The van der Waals surface area contributed by atoms with Gasteiger partial charge in [0.1, 0.15) is 13.2 Å². The minimum atomic E-state index is -0.811. The molecule has 0 heterocycles. The number of carbonyl (C=O) groups is 3. The van der Waals surface area contributed by atoms with E-state index in [0.29, 0.717) is 19.3 Å². The molecule has 0 aliphatic carbocycles. The molecule has 0 fully saturated rings. The number of hydrogen-bond donors (Lipinski definition) is 0. The molecule has 0 aliphatic heterocycles. The minimum Gasteiger partial charge on any atom is -0.462 e. The first kappa shape index (κ1) is 58.6. The lowest BCUT2D eigenvalue weighted by atomic mass is 10.0. The van der Waals surface area contributed by atoms with Gasteiger partial charge in [0.2, 0.25) is 0 Å². The fraction of sp³-hybridized carbons (Fsp3) is 0.696. The van der Waals surface area contributed by atoms with Crippen molar-refractivity contribution in [2.75, 3.05) is 13.2 Å². The highest BCUT2D eigenvalue weighted by molar-refractivity contribution is 5.71. The van der Waals surface area contributed by atoms with Gasteiger partial charge in [-0.15, -0.1) is 0 Å². The van der Waals surface area contributed by atoms with Gasteiger partial charge in [-0.25, -0.2) is 0 Å². The molecular weight excluding hydrogens is 769 g/mol. The van der Waals surface area contributed by atoms with Crippen molar-refractivity contribution in [1.82, 2.24) is 0 Å². The molecule has 0 radical (unpaired) electrons. The third kappa shape index (κ3) is 47.6. The number of unbranched alkanes of at least 4 members (excludes halogenated alkanes) is 20. The molecule has 0 amide bonds. The lowest BCUT2D eigenvalue weighted by Gasteiger charge is -2.18. The Morgan fingerprint density at radius 2 is 0.597 bits per heavy atom. The number of carbonyl (C=O) groups excluding carboxylic acids is 3. The number of ether oxygens (including phenoxy) is 3. The molecule has 0 saturated carbocycles. The first-order valence-electron chi connectivity index (χ1n) is 25.6. The zero-order valence-electron chi connectivity index (χ0n) is 40.4. The molecule has 6 heteroatoms. The van der Waals surface area contributed by atoms with Crippen LogP contribution in [0.25, 0.3) is 0 Å². The summed E-state index contributed by atoms with van der Waals surface area (Å²) in [6.07, 6.45) is 64.2. The Kier molecular flexibility index (Phi) is 47.5. The molecule has 6 nitrogen and oxygen atoms in total. The zero-order valence-corrected chi connectivity index (χ0v) is 40.4. The summed E-state index contributed by atoms with van der Waals surface area (Å²) in [5.74, 6) is -1.00. The maximum absolute atomic E-state index is 12.8. The summed E-state index contributed by atoms with van der Waals surface area (Å²) >= 11 is 0. The summed E-state index contributed by atoms with van der Waals surface area (Å²) < 4.78 is 16.7. The second-order valence-electron chi connectivity index (χ2n) is 16.7. The van der Waals surface area contributed by atoms with Crippen LogP contribution in [-0.4, -0.2) is 37.2 Å². The van der Waals surface area contributed by atoms with Gasteiger partial charge in [0.05, 0.1) is 0 Å². The fourth-order valence-corrected chi connectivity index (χ4v) is 6.73. The van der Waals surface area contributed by atoms with Gasteiger partial charge in [-0.2, -0.15) is 0 Å². The second-order valence-corrected chi connectivity index (χ2v) is 16.7. The molecule has 0 unspecified atom stereocenters. The highest BCUT2D eigenvalue weighted by atomic mass is 16.6. The molecule has 0 aromatic rings. The number of allylic oxidation sites excluding steroid dienone is 14. The van der Waals surface area contributed by atoms with Gasteiger partial charge in [-0.05, 0) is 96.3 Å². The molecule has 0 aliphatic rings. The number of hydrogen-bond acceptors (Lipinski definition) is 6. The second kappa shape index (κ2) is 50.2. The molecule has 1 atom stereocenters. The number of esters is 3. The van der Waals surface area contributed by atoms with Crippen molar-refractivity contribution in [3.8, 4) is 0 Å². The highest BCUT2D eigenvalue weighted by Gasteiger charge is 2.19. The van der Waals surface area contributed by atoms with Crippen molar-refractivity contribution in [2.45, 2.75) is 239 Å². The molecule has 0 spiro atoms. The standard InChI is InChI=1S/C56H94O6/c1-4-7-10-13-16-19-22-25-27-28-30-32-35-37-40-43-46-49-55(58)61-52-53(62-56(59)50-47-44-41-38-33-24-21-18-15-12-9-6-3)51-60-54(57)48-45-42-39-36-34-31-29-26-23-20-17-14-11-8-5-2/h16-17,19-20,25-27,29-30,32,34,36-37,40,53H,4-15,18,21-24,28,31,33,35,38-39,41-52H2,1-3H3/b19-16-,20-17-,27-25-,29-26-,32-30-,36-34-,40-37-/t53-/m0/s1. The molecule has 0 N–H and O–H groups in total. The molecule has 0 saturated heterocycles. The van der Waals surface area contributed by atoms with Crippen LogP contribution in [0, 0.1) is 0 Å². The highest BCUT2D eigenvalue weighted by Crippen LogP contribution is 2.14. The van der Waals surface area contributed by atoms with Gasteiger partial charge in [-0.3, -0.25) is 14.4 Å². The van der Waals surface area contributed by atoms with Crippen LogP contribution in [0.5, 0.6) is 0 Å². The lowest BCUT2D eigenvalue weighted by Crippen LogP contribution is -2.30. The zero-order chi connectivity index (χ0) is 45.1. The normalized spacial score (nSPS) is 12.8. The van der Waals surface area contributed by atoms with Crippen LogP contribution >= 0.6 is 0 Å². The van der Waals surface area contributed by atoms with Gasteiger partial charge in [0.25, 0.3) is 0 Å². The quantitative estimate of drug-likeness (QED) is 0.0263. The third-order valence-corrected chi connectivity index (χ3v) is 10.6. The van der Waals surface area contributed by atoms with Crippen LogP contribution in [-0.2, 0) is 28.6 Å². The summed E-state index contributed by atoms with van der Waals surface area (Å²) in [5, 5.41) is 0. The predicted molar refractivity (Wildman–Crippen MR) is 265 cm³/mol. The molecule has 0 aromatic carbocycles. The molecule has 62 heavy (non-hydrogen) atoms. The van der Waals surface area contributed by atoms with Gasteiger partial charge in [0, 0.05) is 19.3 Å². The van der Waals surface area contributed by atoms with E-state index >= 15 is 0 Å². The Hall–Kier alpha value is -3.41. The SMILES string of the molecule is CCCCC/C=C\C/C=C\C/C=C\C/C=C\CCCC(=O)OC[C@H](COC(=O)CCCC/C=C\C/C=C\C/C=C\CCCCC)OC(=O)CCCCCCCCCCCCCC. The maximum atomic E-state index is 12.8. The van der Waals surface area contributed by atoms with E-state index in [9.17, 15) is 14.4 Å². The van der Waals surface area contributed by atoms with Crippen LogP contribution in [0.1, 0.15) is 233 Å². The van der Waals surface area contributed by atoms with Crippen LogP contribution in [0.15, 0.2) is 85.1 Å². The van der Waals surface area contributed by atoms with E-state index in [-0.39, 0.29) is 37.5 Å². The van der Waals surface area contributed by atoms with Gasteiger partial charge < -0.3 is 14.2 Å². The van der Waals surface area contributed by atoms with Gasteiger partial charge in [-0.1, -0.05) is 202 Å². The molecular formula is C56H94O6. The smallest absolute Gasteiger partial charge is 0.306 e. The van der Waals surface area contributed by atoms with Crippen molar-refractivity contribution in [3.63, 3.8) is 0 Å². The van der Waals surface area contributed by atoms with Gasteiger partial charge >= 0.3 is 17.9 Å². The molecule has 354 valence electrons. The van der Waals surface area contributed by atoms with Gasteiger partial charge in [0.15, 0.2) is 6.10 Å². The van der Waals surface area contributed by atoms with Crippen LogP contribution in [0.4, 0.5) is 0 Å². The van der Waals surface area contributed by atoms with Crippen molar-refractivity contribution in [3.05, 3.63) is 85.1 Å². The Bertz CT molecular complexity index is 1220. The van der Waals surface area contributed by atoms with Crippen molar-refractivity contribution >= 4 is 17.9 Å². The lowest BCUT2D eigenvalue weighted by molar-refractivity contribution is -0.167.